The maximum absolute atomic E-state index is 11.0. The number of benzene rings is 1. The van der Waals surface area contributed by atoms with E-state index < -0.39 is 5.97 Å². The first-order valence-corrected chi connectivity index (χ1v) is 6.84. The van der Waals surface area contributed by atoms with Gasteiger partial charge in [-0.3, -0.25) is 4.79 Å². The van der Waals surface area contributed by atoms with Gasteiger partial charge in [0.1, 0.15) is 0 Å². The zero-order valence-corrected chi connectivity index (χ0v) is 11.4. The van der Waals surface area contributed by atoms with Crippen molar-refractivity contribution in [1.29, 1.82) is 0 Å². The van der Waals surface area contributed by atoms with Gasteiger partial charge in [0, 0.05) is 0 Å². The average molecular weight is 271 g/mol. The predicted octanol–water partition coefficient (Wildman–Crippen LogP) is 2.54. The van der Waals surface area contributed by atoms with Gasteiger partial charge in [-0.1, -0.05) is 12.1 Å². The lowest BCUT2D eigenvalue weighted by molar-refractivity contribution is -0.137. The molecular weight excluding hydrogens is 254 g/mol. The Bertz CT molecular complexity index is 632. The molecule has 1 atom stereocenters. The molecule has 1 aromatic carbocycles. The van der Waals surface area contributed by atoms with E-state index in [2.05, 4.69) is 10.2 Å². The number of carbonyl (C=O) groups is 1. The molecule has 0 amide bonds. The highest BCUT2D eigenvalue weighted by atomic mass is 16.4. The summed E-state index contributed by atoms with van der Waals surface area (Å²) in [5, 5.41) is 17.6. The SMILES string of the molecule is Cc1cnn(-c2cccc(C(CC(=O)O)C3CC3)c2)n1. The van der Waals surface area contributed by atoms with Crippen LogP contribution in [-0.2, 0) is 4.79 Å². The highest BCUT2D eigenvalue weighted by molar-refractivity contribution is 5.68. The molecule has 1 heterocycles. The smallest absolute Gasteiger partial charge is 0.303 e. The van der Waals surface area contributed by atoms with Crippen LogP contribution < -0.4 is 0 Å². The highest BCUT2D eigenvalue weighted by Crippen LogP contribution is 2.44. The Kier molecular flexibility index (Phi) is 3.26. The van der Waals surface area contributed by atoms with Crippen LogP contribution in [0, 0.1) is 12.8 Å². The number of carboxylic acids is 1. The summed E-state index contributed by atoms with van der Waals surface area (Å²) in [6.45, 7) is 1.89. The summed E-state index contributed by atoms with van der Waals surface area (Å²) in [6.07, 6.45) is 4.16. The molecule has 1 saturated carbocycles. The minimum Gasteiger partial charge on any atom is -0.481 e. The van der Waals surface area contributed by atoms with Crippen LogP contribution in [0.3, 0.4) is 0 Å². The second-order valence-electron chi connectivity index (χ2n) is 5.41. The van der Waals surface area contributed by atoms with E-state index in [1.807, 2.05) is 31.2 Å². The van der Waals surface area contributed by atoms with E-state index in [1.165, 1.54) is 0 Å². The zero-order chi connectivity index (χ0) is 14.1. The molecule has 1 fully saturated rings. The number of rotatable bonds is 5. The molecule has 1 aliphatic carbocycles. The van der Waals surface area contributed by atoms with Gasteiger partial charge >= 0.3 is 5.97 Å². The Hall–Kier alpha value is -2.17. The lowest BCUT2D eigenvalue weighted by Gasteiger charge is -2.15. The van der Waals surface area contributed by atoms with Crippen LogP contribution in [-0.4, -0.2) is 26.1 Å². The molecule has 1 aliphatic rings. The maximum atomic E-state index is 11.0. The normalized spacial score (nSPS) is 16.1. The summed E-state index contributed by atoms with van der Waals surface area (Å²) in [5.74, 6) is -0.127. The molecule has 2 aromatic rings. The lowest BCUT2D eigenvalue weighted by Crippen LogP contribution is -2.09. The van der Waals surface area contributed by atoms with E-state index in [9.17, 15) is 4.79 Å². The van der Waals surface area contributed by atoms with Crippen molar-refractivity contribution in [3.8, 4) is 5.69 Å². The topological polar surface area (TPSA) is 68.0 Å². The summed E-state index contributed by atoms with van der Waals surface area (Å²) in [7, 11) is 0. The molecule has 5 heteroatoms. The summed E-state index contributed by atoms with van der Waals surface area (Å²) >= 11 is 0. The molecule has 20 heavy (non-hydrogen) atoms. The molecular formula is C15H17N3O2. The average Bonchev–Trinajstić information content (AvgIpc) is 3.17. The van der Waals surface area contributed by atoms with Gasteiger partial charge in [0.05, 0.1) is 24.0 Å². The van der Waals surface area contributed by atoms with Crippen molar-refractivity contribution in [1.82, 2.24) is 15.0 Å². The second-order valence-corrected chi connectivity index (χ2v) is 5.41. The van der Waals surface area contributed by atoms with Crippen molar-refractivity contribution in [3.05, 3.63) is 41.7 Å². The highest BCUT2D eigenvalue weighted by Gasteiger charge is 2.33. The van der Waals surface area contributed by atoms with Crippen molar-refractivity contribution >= 4 is 5.97 Å². The van der Waals surface area contributed by atoms with Crippen molar-refractivity contribution in [2.75, 3.05) is 0 Å². The molecule has 1 N–H and O–H groups in total. The van der Waals surface area contributed by atoms with Gasteiger partial charge in [0.15, 0.2) is 0 Å². The number of aryl methyl sites for hydroxylation is 1. The van der Waals surface area contributed by atoms with Crippen LogP contribution in [0.1, 0.15) is 36.4 Å². The van der Waals surface area contributed by atoms with Crippen molar-refractivity contribution in [2.24, 2.45) is 5.92 Å². The van der Waals surface area contributed by atoms with Gasteiger partial charge in [-0.25, -0.2) is 0 Å². The van der Waals surface area contributed by atoms with Gasteiger partial charge in [-0.15, -0.1) is 0 Å². The Balaban J connectivity index is 1.91. The summed E-state index contributed by atoms with van der Waals surface area (Å²) < 4.78 is 0. The van der Waals surface area contributed by atoms with Crippen LogP contribution >= 0.6 is 0 Å². The van der Waals surface area contributed by atoms with E-state index in [-0.39, 0.29) is 12.3 Å². The maximum Gasteiger partial charge on any atom is 0.303 e. The van der Waals surface area contributed by atoms with Gasteiger partial charge in [0.2, 0.25) is 0 Å². The third kappa shape index (κ3) is 2.71. The standard InChI is InChI=1S/C15H17N3O2/c1-10-9-16-18(17-10)13-4-2-3-12(7-13)14(8-15(19)20)11-5-6-11/h2-4,7,9,11,14H,5-6,8H2,1H3,(H,19,20). The van der Waals surface area contributed by atoms with Crippen LogP contribution in [0.2, 0.25) is 0 Å². The van der Waals surface area contributed by atoms with Gasteiger partial charge in [-0.2, -0.15) is 15.0 Å². The molecule has 1 unspecified atom stereocenters. The molecule has 104 valence electrons. The second kappa shape index (κ2) is 5.07. The van der Waals surface area contributed by atoms with E-state index in [0.29, 0.717) is 5.92 Å². The molecule has 0 aliphatic heterocycles. The van der Waals surface area contributed by atoms with Gasteiger partial charge in [0.25, 0.3) is 0 Å². The minimum absolute atomic E-state index is 0.101. The number of hydrogen-bond acceptors (Lipinski definition) is 3. The first kappa shape index (κ1) is 12.8. The fraction of sp³-hybridized carbons (Fsp3) is 0.400. The number of hydrogen-bond donors (Lipinski definition) is 1. The molecule has 0 bridgehead atoms. The van der Waals surface area contributed by atoms with Crippen LogP contribution in [0.25, 0.3) is 5.69 Å². The van der Waals surface area contributed by atoms with Gasteiger partial charge < -0.3 is 5.11 Å². The largest absolute Gasteiger partial charge is 0.481 e. The van der Waals surface area contributed by atoms with Crippen LogP contribution in [0.5, 0.6) is 0 Å². The molecule has 1 aromatic heterocycles. The number of aliphatic carboxylic acids is 1. The first-order chi connectivity index (χ1) is 9.63. The van der Waals surface area contributed by atoms with Crippen LogP contribution in [0.4, 0.5) is 0 Å². The third-order valence-electron chi connectivity index (χ3n) is 3.72. The van der Waals surface area contributed by atoms with E-state index >= 15 is 0 Å². The van der Waals surface area contributed by atoms with Crippen LogP contribution in [0.15, 0.2) is 30.5 Å². The van der Waals surface area contributed by atoms with E-state index in [1.54, 1.807) is 11.0 Å². The number of aromatic nitrogens is 3. The molecule has 0 spiro atoms. The summed E-state index contributed by atoms with van der Waals surface area (Å²) in [5.41, 5.74) is 2.81. The Morgan fingerprint density at radius 1 is 1.50 bits per heavy atom. The Labute approximate surface area is 117 Å². The predicted molar refractivity (Wildman–Crippen MR) is 73.8 cm³/mol. The minimum atomic E-state index is -0.736. The van der Waals surface area contributed by atoms with E-state index in [4.69, 9.17) is 5.11 Å². The monoisotopic (exact) mass is 271 g/mol. The number of nitrogens with zero attached hydrogens (tertiary/aromatic N) is 3. The first-order valence-electron chi connectivity index (χ1n) is 6.84. The summed E-state index contributed by atoms with van der Waals surface area (Å²) in [4.78, 5) is 12.6. The molecule has 5 nitrogen and oxygen atoms in total. The van der Waals surface area contributed by atoms with Crippen molar-refractivity contribution in [3.63, 3.8) is 0 Å². The lowest BCUT2D eigenvalue weighted by atomic mass is 9.91. The number of carboxylic acid groups (broad SMARTS) is 1. The van der Waals surface area contributed by atoms with Gasteiger partial charge in [-0.05, 0) is 49.3 Å². The molecule has 3 rings (SSSR count). The van der Waals surface area contributed by atoms with Crippen molar-refractivity contribution in [2.45, 2.75) is 32.1 Å². The molecule has 0 saturated heterocycles. The fourth-order valence-electron chi connectivity index (χ4n) is 2.59. The summed E-state index contributed by atoms with van der Waals surface area (Å²) in [6, 6.07) is 7.89. The third-order valence-corrected chi connectivity index (χ3v) is 3.72. The fourth-order valence-corrected chi connectivity index (χ4v) is 2.59. The molecule has 0 radical (unpaired) electrons. The van der Waals surface area contributed by atoms with Crippen molar-refractivity contribution < 1.29 is 9.90 Å². The van der Waals surface area contributed by atoms with E-state index in [0.717, 1.165) is 29.8 Å². The quantitative estimate of drug-likeness (QED) is 0.907. The Morgan fingerprint density at radius 3 is 2.90 bits per heavy atom. The zero-order valence-electron chi connectivity index (χ0n) is 11.4. The Morgan fingerprint density at radius 2 is 2.30 bits per heavy atom.